The SMILES string of the molecule is CCOC(=O)[C@@H](N)CCCCNS(=O)(=O)c1ccc(C)cc1. The minimum Gasteiger partial charge on any atom is -0.465 e. The fraction of sp³-hybridized carbons (Fsp3) is 0.533. The molecule has 0 fully saturated rings. The van der Waals surface area contributed by atoms with Crippen LogP contribution in [-0.4, -0.2) is 33.6 Å². The number of carbonyl (C=O) groups excluding carboxylic acids is 1. The Morgan fingerprint density at radius 2 is 1.91 bits per heavy atom. The molecule has 0 saturated heterocycles. The van der Waals surface area contributed by atoms with Crippen molar-refractivity contribution in [3.63, 3.8) is 0 Å². The Labute approximate surface area is 132 Å². The number of ether oxygens (including phenoxy) is 1. The summed E-state index contributed by atoms with van der Waals surface area (Å²) in [6, 6.07) is 6.02. The van der Waals surface area contributed by atoms with Gasteiger partial charge in [-0.2, -0.15) is 0 Å². The predicted molar refractivity (Wildman–Crippen MR) is 84.8 cm³/mol. The Kier molecular flexibility index (Phi) is 7.50. The number of aryl methyl sites for hydroxylation is 1. The fourth-order valence-electron chi connectivity index (χ4n) is 1.86. The van der Waals surface area contributed by atoms with Crippen LogP contribution < -0.4 is 10.5 Å². The molecule has 0 unspecified atom stereocenters. The molecule has 6 nitrogen and oxygen atoms in total. The van der Waals surface area contributed by atoms with Crippen LogP contribution in [0.2, 0.25) is 0 Å². The van der Waals surface area contributed by atoms with Crippen molar-refractivity contribution in [3.05, 3.63) is 29.8 Å². The number of hydrogen-bond donors (Lipinski definition) is 2. The predicted octanol–water partition coefficient (Wildman–Crippen LogP) is 1.33. The smallest absolute Gasteiger partial charge is 0.322 e. The molecule has 1 atom stereocenters. The van der Waals surface area contributed by atoms with E-state index in [1.807, 2.05) is 6.92 Å². The molecule has 1 aromatic rings. The number of nitrogens with two attached hydrogens (primary N) is 1. The van der Waals surface area contributed by atoms with Gasteiger partial charge in [0.25, 0.3) is 0 Å². The van der Waals surface area contributed by atoms with Crippen molar-refractivity contribution in [1.82, 2.24) is 4.72 Å². The lowest BCUT2D eigenvalue weighted by Gasteiger charge is -2.10. The van der Waals surface area contributed by atoms with Crippen molar-refractivity contribution >= 4 is 16.0 Å². The third kappa shape index (κ3) is 6.13. The maximum atomic E-state index is 12.0. The molecule has 0 amide bonds. The van der Waals surface area contributed by atoms with E-state index in [9.17, 15) is 13.2 Å². The second-order valence-electron chi connectivity index (χ2n) is 5.07. The Morgan fingerprint density at radius 1 is 1.27 bits per heavy atom. The summed E-state index contributed by atoms with van der Waals surface area (Å²) in [5, 5.41) is 0. The van der Waals surface area contributed by atoms with E-state index >= 15 is 0 Å². The normalized spacial score (nSPS) is 12.9. The molecule has 0 radical (unpaired) electrons. The Hall–Kier alpha value is -1.44. The highest BCUT2D eigenvalue weighted by molar-refractivity contribution is 7.89. The zero-order valence-corrected chi connectivity index (χ0v) is 13.9. The van der Waals surface area contributed by atoms with E-state index in [0.29, 0.717) is 32.4 Å². The van der Waals surface area contributed by atoms with Crippen LogP contribution >= 0.6 is 0 Å². The average Bonchev–Trinajstić information content (AvgIpc) is 2.47. The van der Waals surface area contributed by atoms with Gasteiger partial charge in [-0.3, -0.25) is 4.79 Å². The zero-order chi connectivity index (χ0) is 16.6. The largest absolute Gasteiger partial charge is 0.465 e. The summed E-state index contributed by atoms with van der Waals surface area (Å²) in [5.41, 5.74) is 6.67. The Balaban J connectivity index is 2.32. The number of hydrogen-bond acceptors (Lipinski definition) is 5. The van der Waals surface area contributed by atoms with Gasteiger partial charge < -0.3 is 10.5 Å². The van der Waals surface area contributed by atoms with Crippen LogP contribution in [0, 0.1) is 6.92 Å². The number of benzene rings is 1. The van der Waals surface area contributed by atoms with Crippen molar-refractivity contribution in [2.24, 2.45) is 5.73 Å². The van der Waals surface area contributed by atoms with Crippen molar-refractivity contribution in [3.8, 4) is 0 Å². The van der Waals surface area contributed by atoms with Crippen LogP contribution in [0.3, 0.4) is 0 Å². The standard InChI is InChI=1S/C15H24N2O4S/c1-3-21-15(18)14(16)6-4-5-11-17-22(19,20)13-9-7-12(2)8-10-13/h7-10,14,17H,3-6,11,16H2,1-2H3/t14-/m0/s1. The van der Waals surface area contributed by atoms with Crippen LogP contribution in [0.15, 0.2) is 29.2 Å². The van der Waals surface area contributed by atoms with E-state index in [0.717, 1.165) is 5.56 Å². The molecule has 0 spiro atoms. The van der Waals surface area contributed by atoms with E-state index in [2.05, 4.69) is 4.72 Å². The van der Waals surface area contributed by atoms with Gasteiger partial charge in [0.2, 0.25) is 10.0 Å². The van der Waals surface area contributed by atoms with Gasteiger partial charge >= 0.3 is 5.97 Å². The molecule has 0 heterocycles. The van der Waals surface area contributed by atoms with Crippen LogP contribution in [0.4, 0.5) is 0 Å². The third-order valence-electron chi connectivity index (χ3n) is 3.15. The molecule has 7 heteroatoms. The number of sulfonamides is 1. The average molecular weight is 328 g/mol. The maximum Gasteiger partial charge on any atom is 0.322 e. The zero-order valence-electron chi connectivity index (χ0n) is 13.0. The first-order chi connectivity index (χ1) is 10.4. The van der Waals surface area contributed by atoms with E-state index in [-0.39, 0.29) is 4.90 Å². The molecule has 22 heavy (non-hydrogen) atoms. The molecule has 0 aliphatic carbocycles. The second kappa shape index (κ2) is 8.87. The number of esters is 1. The first kappa shape index (κ1) is 18.6. The van der Waals surface area contributed by atoms with E-state index in [4.69, 9.17) is 10.5 Å². The van der Waals surface area contributed by atoms with Crippen LogP contribution in [0.1, 0.15) is 31.7 Å². The number of carbonyl (C=O) groups is 1. The third-order valence-corrected chi connectivity index (χ3v) is 4.63. The van der Waals surface area contributed by atoms with Gasteiger partial charge in [-0.1, -0.05) is 24.1 Å². The van der Waals surface area contributed by atoms with Crippen LogP contribution in [0.25, 0.3) is 0 Å². The minimum atomic E-state index is -3.48. The van der Waals surface area contributed by atoms with E-state index < -0.39 is 22.0 Å². The molecule has 3 N–H and O–H groups in total. The Bertz CT molecular complexity index is 570. The molecule has 1 rings (SSSR count). The summed E-state index contributed by atoms with van der Waals surface area (Å²) in [6.45, 7) is 4.25. The number of unbranched alkanes of at least 4 members (excludes halogenated alkanes) is 1. The molecule has 0 bridgehead atoms. The number of rotatable bonds is 9. The first-order valence-electron chi connectivity index (χ1n) is 7.35. The van der Waals surface area contributed by atoms with Gasteiger partial charge in [0.05, 0.1) is 11.5 Å². The van der Waals surface area contributed by atoms with Gasteiger partial charge in [0.15, 0.2) is 0 Å². The van der Waals surface area contributed by atoms with Crippen molar-refractivity contribution in [1.29, 1.82) is 0 Å². The summed E-state index contributed by atoms with van der Waals surface area (Å²) in [4.78, 5) is 11.6. The van der Waals surface area contributed by atoms with Crippen molar-refractivity contribution < 1.29 is 17.9 Å². The Morgan fingerprint density at radius 3 is 2.50 bits per heavy atom. The number of nitrogens with one attached hydrogen (secondary N) is 1. The van der Waals surface area contributed by atoms with Gasteiger partial charge in [-0.05, 0) is 38.8 Å². The summed E-state index contributed by atoms with van der Waals surface area (Å²) in [5.74, 6) is -0.414. The lowest BCUT2D eigenvalue weighted by atomic mass is 10.1. The lowest BCUT2D eigenvalue weighted by molar-refractivity contribution is -0.144. The highest BCUT2D eigenvalue weighted by atomic mass is 32.2. The maximum absolute atomic E-state index is 12.0. The summed E-state index contributed by atoms with van der Waals surface area (Å²) in [6.07, 6.45) is 1.74. The first-order valence-corrected chi connectivity index (χ1v) is 8.83. The van der Waals surface area contributed by atoms with Gasteiger partial charge in [0.1, 0.15) is 6.04 Å². The molecule has 0 saturated carbocycles. The fourth-order valence-corrected chi connectivity index (χ4v) is 2.94. The molecule has 0 aliphatic heterocycles. The van der Waals surface area contributed by atoms with Gasteiger partial charge in [-0.25, -0.2) is 13.1 Å². The molecular weight excluding hydrogens is 304 g/mol. The van der Waals surface area contributed by atoms with Crippen molar-refractivity contribution in [2.75, 3.05) is 13.2 Å². The minimum absolute atomic E-state index is 0.251. The van der Waals surface area contributed by atoms with Crippen molar-refractivity contribution in [2.45, 2.75) is 44.0 Å². The summed E-state index contributed by atoms with van der Waals surface area (Å²) < 4.78 is 31.4. The van der Waals surface area contributed by atoms with E-state index in [1.165, 1.54) is 0 Å². The molecular formula is C15H24N2O4S. The van der Waals surface area contributed by atoms with E-state index in [1.54, 1.807) is 31.2 Å². The monoisotopic (exact) mass is 328 g/mol. The summed E-state index contributed by atoms with van der Waals surface area (Å²) in [7, 11) is -3.48. The quantitative estimate of drug-likeness (QED) is 0.526. The topological polar surface area (TPSA) is 98.5 Å². The van der Waals surface area contributed by atoms with Crippen LogP contribution in [-0.2, 0) is 19.6 Å². The van der Waals surface area contributed by atoms with Crippen LogP contribution in [0.5, 0.6) is 0 Å². The molecule has 0 aromatic heterocycles. The second-order valence-corrected chi connectivity index (χ2v) is 6.83. The molecule has 124 valence electrons. The van der Waals surface area contributed by atoms with Gasteiger partial charge in [-0.15, -0.1) is 0 Å². The lowest BCUT2D eigenvalue weighted by Crippen LogP contribution is -2.32. The highest BCUT2D eigenvalue weighted by Gasteiger charge is 2.15. The molecule has 0 aliphatic rings. The highest BCUT2D eigenvalue weighted by Crippen LogP contribution is 2.10. The summed E-state index contributed by atoms with van der Waals surface area (Å²) >= 11 is 0. The molecule has 1 aromatic carbocycles. The van der Waals surface area contributed by atoms with Gasteiger partial charge in [0, 0.05) is 6.54 Å².